The number of hydrogen-bond donors (Lipinski definition) is 3. The van der Waals surface area contributed by atoms with Gasteiger partial charge in [0.2, 0.25) is 0 Å². The van der Waals surface area contributed by atoms with Crippen LogP contribution >= 0.6 is 0 Å². The number of carboxylic acids is 1. The summed E-state index contributed by atoms with van der Waals surface area (Å²) in [5.41, 5.74) is 0. The molecule has 0 bridgehead atoms. The maximum absolute atomic E-state index is 11.0. The third-order valence-electron chi connectivity index (χ3n) is 1.41. The molecule has 0 aliphatic rings. The Morgan fingerprint density at radius 2 is 2.33 bits per heavy atom. The minimum Gasteiger partial charge on any atom is -0.480 e. The van der Waals surface area contributed by atoms with Crippen molar-refractivity contribution in [2.45, 2.75) is 13.5 Å². The topological polar surface area (TPSA) is 109 Å². The van der Waals surface area contributed by atoms with E-state index >= 15 is 0 Å². The number of nitrogens with zero attached hydrogens (tertiary/aromatic N) is 3. The first kappa shape index (κ1) is 11.0. The van der Waals surface area contributed by atoms with E-state index in [0.717, 1.165) is 4.68 Å². The molecule has 0 atom stereocenters. The Morgan fingerprint density at radius 1 is 1.60 bits per heavy atom. The van der Waals surface area contributed by atoms with Gasteiger partial charge in [0.15, 0.2) is 5.82 Å². The maximum atomic E-state index is 11.0. The van der Waals surface area contributed by atoms with E-state index in [-0.39, 0.29) is 12.4 Å². The lowest BCUT2D eigenvalue weighted by Gasteiger charge is -2.00. The van der Waals surface area contributed by atoms with Crippen molar-refractivity contribution in [2.24, 2.45) is 0 Å². The summed E-state index contributed by atoms with van der Waals surface area (Å²) < 4.78 is 1.11. The van der Waals surface area contributed by atoms with Gasteiger partial charge >= 0.3 is 12.0 Å². The van der Waals surface area contributed by atoms with Crippen molar-refractivity contribution in [3.63, 3.8) is 0 Å². The number of nitrogens with one attached hydrogen (secondary N) is 2. The minimum atomic E-state index is -1.02. The zero-order valence-corrected chi connectivity index (χ0v) is 8.10. The van der Waals surface area contributed by atoms with Crippen molar-refractivity contribution in [3.8, 4) is 0 Å². The Kier molecular flexibility index (Phi) is 3.61. The van der Waals surface area contributed by atoms with Crippen LogP contribution in [0.5, 0.6) is 0 Å². The first-order chi connectivity index (χ1) is 7.11. The number of aromatic nitrogens is 3. The van der Waals surface area contributed by atoms with Crippen molar-refractivity contribution in [1.82, 2.24) is 20.3 Å². The Hall–Kier alpha value is -2.12. The largest absolute Gasteiger partial charge is 0.480 e. The van der Waals surface area contributed by atoms with Gasteiger partial charge in [-0.25, -0.2) is 9.48 Å². The molecular weight excluding hydrogens is 202 g/mol. The number of carboxylic acid groups (broad SMARTS) is 1. The van der Waals surface area contributed by atoms with Gasteiger partial charge in [-0.1, -0.05) is 5.21 Å². The van der Waals surface area contributed by atoms with Gasteiger partial charge in [-0.15, -0.1) is 5.10 Å². The maximum Gasteiger partial charge on any atom is 0.325 e. The fourth-order valence-electron chi connectivity index (χ4n) is 0.893. The summed E-state index contributed by atoms with van der Waals surface area (Å²) in [5.74, 6) is -0.813. The normalized spacial score (nSPS) is 9.67. The molecule has 0 aliphatic carbocycles. The monoisotopic (exact) mass is 213 g/mol. The first-order valence-electron chi connectivity index (χ1n) is 4.28. The van der Waals surface area contributed by atoms with Crippen LogP contribution < -0.4 is 10.6 Å². The van der Waals surface area contributed by atoms with E-state index < -0.39 is 12.0 Å². The summed E-state index contributed by atoms with van der Waals surface area (Å²) in [7, 11) is 0. The third kappa shape index (κ3) is 3.63. The van der Waals surface area contributed by atoms with Gasteiger partial charge < -0.3 is 10.4 Å². The van der Waals surface area contributed by atoms with Crippen molar-refractivity contribution < 1.29 is 14.7 Å². The highest BCUT2D eigenvalue weighted by molar-refractivity contribution is 5.87. The lowest BCUT2D eigenvalue weighted by Crippen LogP contribution is -2.28. The number of carbonyl (C=O) groups is 2. The van der Waals surface area contributed by atoms with Crippen LogP contribution in [-0.4, -0.2) is 38.6 Å². The molecule has 0 saturated heterocycles. The lowest BCUT2D eigenvalue weighted by atomic mass is 10.6. The molecule has 0 aromatic carbocycles. The summed E-state index contributed by atoms with van der Waals surface area (Å²) in [5, 5.41) is 20.4. The molecule has 3 N–H and O–H groups in total. The second-order valence-corrected chi connectivity index (χ2v) is 2.68. The zero-order chi connectivity index (χ0) is 11.3. The lowest BCUT2D eigenvalue weighted by molar-refractivity contribution is -0.137. The van der Waals surface area contributed by atoms with Crippen LogP contribution in [0.3, 0.4) is 0 Å². The number of urea groups is 1. The predicted molar refractivity (Wildman–Crippen MR) is 50.4 cm³/mol. The van der Waals surface area contributed by atoms with E-state index in [2.05, 4.69) is 20.9 Å². The van der Waals surface area contributed by atoms with Crippen LogP contribution in [0, 0.1) is 0 Å². The van der Waals surface area contributed by atoms with Crippen molar-refractivity contribution >= 4 is 17.8 Å². The molecule has 8 nitrogen and oxygen atoms in total. The van der Waals surface area contributed by atoms with Crippen LogP contribution in [0.25, 0.3) is 0 Å². The van der Waals surface area contributed by atoms with Crippen LogP contribution in [-0.2, 0) is 11.3 Å². The SMILES string of the molecule is CCNC(=O)Nc1cn(CC(=O)O)nn1. The fourth-order valence-corrected chi connectivity index (χ4v) is 0.893. The fraction of sp³-hybridized carbons (Fsp3) is 0.429. The molecule has 82 valence electrons. The van der Waals surface area contributed by atoms with E-state index in [0.29, 0.717) is 6.54 Å². The van der Waals surface area contributed by atoms with Gasteiger partial charge in [0.05, 0.1) is 6.20 Å². The molecule has 0 unspecified atom stereocenters. The number of aliphatic carboxylic acids is 1. The Labute approximate surface area is 85.3 Å². The number of anilines is 1. The minimum absolute atomic E-state index is 0.210. The molecule has 8 heteroatoms. The Balaban J connectivity index is 2.52. The van der Waals surface area contributed by atoms with Crippen LogP contribution in [0.2, 0.25) is 0 Å². The predicted octanol–water partition coefficient (Wildman–Crippen LogP) is -0.496. The molecule has 0 radical (unpaired) electrons. The molecule has 2 amide bonds. The molecule has 0 aliphatic heterocycles. The van der Waals surface area contributed by atoms with Gasteiger partial charge in [0.25, 0.3) is 0 Å². The second-order valence-electron chi connectivity index (χ2n) is 2.68. The molecule has 15 heavy (non-hydrogen) atoms. The average Bonchev–Trinajstić information content (AvgIpc) is 2.51. The van der Waals surface area contributed by atoms with Crippen molar-refractivity contribution in [2.75, 3.05) is 11.9 Å². The summed E-state index contributed by atoms with van der Waals surface area (Å²) in [6, 6.07) is -0.403. The number of hydrogen-bond acceptors (Lipinski definition) is 4. The van der Waals surface area contributed by atoms with Gasteiger partial charge in [-0.3, -0.25) is 10.1 Å². The van der Waals surface area contributed by atoms with Crippen LogP contribution in [0.4, 0.5) is 10.6 Å². The molecule has 0 fully saturated rings. The molecule has 1 aromatic heterocycles. The van der Waals surface area contributed by atoms with E-state index in [1.807, 2.05) is 0 Å². The Bertz CT molecular complexity index is 361. The van der Waals surface area contributed by atoms with E-state index in [1.54, 1.807) is 6.92 Å². The molecule has 1 rings (SSSR count). The zero-order valence-electron chi connectivity index (χ0n) is 8.10. The van der Waals surface area contributed by atoms with Gasteiger partial charge in [0.1, 0.15) is 6.54 Å². The van der Waals surface area contributed by atoms with Gasteiger partial charge in [-0.2, -0.15) is 0 Å². The van der Waals surface area contributed by atoms with E-state index in [4.69, 9.17) is 5.11 Å². The molecule has 0 spiro atoms. The van der Waals surface area contributed by atoms with Crippen LogP contribution in [0.15, 0.2) is 6.20 Å². The summed E-state index contributed by atoms with van der Waals surface area (Å²) in [6.45, 7) is 1.99. The molecule has 0 saturated carbocycles. The Morgan fingerprint density at radius 3 is 2.93 bits per heavy atom. The highest BCUT2D eigenvalue weighted by Crippen LogP contribution is 1.98. The van der Waals surface area contributed by atoms with Gasteiger partial charge in [0, 0.05) is 6.54 Å². The summed E-state index contributed by atoms with van der Waals surface area (Å²) >= 11 is 0. The highest BCUT2D eigenvalue weighted by Gasteiger charge is 2.06. The second kappa shape index (κ2) is 4.94. The molecular formula is C7H11N5O3. The van der Waals surface area contributed by atoms with E-state index in [9.17, 15) is 9.59 Å². The molecule has 1 heterocycles. The van der Waals surface area contributed by atoms with Crippen molar-refractivity contribution in [1.29, 1.82) is 0 Å². The quantitative estimate of drug-likeness (QED) is 0.624. The molecule has 1 aromatic rings. The smallest absolute Gasteiger partial charge is 0.325 e. The standard InChI is InChI=1S/C7H11N5O3/c1-2-8-7(15)9-5-3-12(11-10-5)4-6(13)14/h3H,2,4H2,1H3,(H,13,14)(H2,8,9,15). The van der Waals surface area contributed by atoms with Gasteiger partial charge in [-0.05, 0) is 6.92 Å². The van der Waals surface area contributed by atoms with Crippen molar-refractivity contribution in [3.05, 3.63) is 6.20 Å². The van der Waals surface area contributed by atoms with E-state index in [1.165, 1.54) is 6.20 Å². The highest BCUT2D eigenvalue weighted by atomic mass is 16.4. The number of carbonyl (C=O) groups excluding carboxylic acids is 1. The summed E-state index contributed by atoms with van der Waals surface area (Å²) in [6.07, 6.45) is 1.34. The first-order valence-corrected chi connectivity index (χ1v) is 4.28. The number of rotatable bonds is 4. The van der Waals surface area contributed by atoms with Crippen LogP contribution in [0.1, 0.15) is 6.92 Å². The third-order valence-corrected chi connectivity index (χ3v) is 1.41. The number of amides is 2. The average molecular weight is 213 g/mol. The summed E-state index contributed by atoms with van der Waals surface area (Å²) in [4.78, 5) is 21.3.